The number of ketones is 1. The van der Waals surface area contributed by atoms with Gasteiger partial charge in [-0.05, 0) is 53.4 Å². The molecule has 7 nitrogen and oxygen atoms in total. The number of carbonyl (C=O) groups excluding carboxylic acids is 2. The van der Waals surface area contributed by atoms with Crippen molar-refractivity contribution in [2.75, 3.05) is 25.6 Å². The van der Waals surface area contributed by atoms with Crippen molar-refractivity contribution in [3.63, 3.8) is 0 Å². The van der Waals surface area contributed by atoms with Crippen molar-refractivity contribution in [2.24, 2.45) is 5.92 Å². The summed E-state index contributed by atoms with van der Waals surface area (Å²) in [6.45, 7) is 4.84. The van der Waals surface area contributed by atoms with E-state index >= 15 is 0 Å². The van der Waals surface area contributed by atoms with Gasteiger partial charge in [-0.15, -0.1) is 0 Å². The molecule has 4 rings (SSSR count). The fraction of sp³-hybridized carbons (Fsp3) is 0.276. The van der Waals surface area contributed by atoms with Gasteiger partial charge in [0.2, 0.25) is 0 Å². The maximum Gasteiger partial charge on any atom is 0.295 e. The number of ether oxygens (including phenoxy) is 1. The van der Waals surface area contributed by atoms with Crippen molar-refractivity contribution < 1.29 is 19.4 Å². The van der Waals surface area contributed by atoms with Gasteiger partial charge in [0.15, 0.2) is 0 Å². The minimum atomic E-state index is -0.741. The molecule has 0 aliphatic carbocycles. The maximum atomic E-state index is 13.3. The van der Waals surface area contributed by atoms with Gasteiger partial charge in [-0.2, -0.15) is 0 Å². The molecular formula is C29H31N3O4. The lowest BCUT2D eigenvalue weighted by molar-refractivity contribution is -0.140. The van der Waals surface area contributed by atoms with Crippen LogP contribution in [-0.2, 0) is 16.1 Å². The first-order valence-corrected chi connectivity index (χ1v) is 11.9. The maximum absolute atomic E-state index is 13.3. The molecule has 0 saturated carbocycles. The summed E-state index contributed by atoms with van der Waals surface area (Å²) in [6, 6.07) is 17.5. The minimum Gasteiger partial charge on any atom is -0.507 e. The van der Waals surface area contributed by atoms with Gasteiger partial charge in [0, 0.05) is 44.3 Å². The summed E-state index contributed by atoms with van der Waals surface area (Å²) in [7, 11) is 3.89. The van der Waals surface area contributed by atoms with E-state index in [1.807, 2.05) is 43.3 Å². The lowest BCUT2D eigenvalue weighted by atomic mass is 9.95. The Balaban J connectivity index is 1.80. The number of rotatable bonds is 8. The van der Waals surface area contributed by atoms with E-state index in [9.17, 15) is 14.7 Å². The molecule has 0 bridgehead atoms. The summed E-state index contributed by atoms with van der Waals surface area (Å²) in [5.41, 5.74) is 3.05. The van der Waals surface area contributed by atoms with E-state index in [0.717, 1.165) is 16.8 Å². The summed E-state index contributed by atoms with van der Waals surface area (Å²) in [5, 5.41) is 11.4. The second-order valence-electron chi connectivity index (χ2n) is 9.50. The van der Waals surface area contributed by atoms with Crippen LogP contribution in [0.4, 0.5) is 5.69 Å². The van der Waals surface area contributed by atoms with Gasteiger partial charge in [-0.1, -0.05) is 38.1 Å². The average molecular weight is 486 g/mol. The Morgan fingerprint density at radius 2 is 1.75 bits per heavy atom. The largest absolute Gasteiger partial charge is 0.507 e. The average Bonchev–Trinajstić information content (AvgIpc) is 3.12. The normalized spacial score (nSPS) is 17.0. The number of carbonyl (C=O) groups is 2. The Kier molecular flexibility index (Phi) is 7.38. The standard InChI is InChI=1S/C29H31N3O4/c1-19(2)18-36-24-7-5-6-22(16-24)27(33)25-26(21-8-10-23(11-9-21)31(3)4)32(29(35)28(25)34)17-20-12-14-30-15-13-20/h5-16,19,26,33H,17-18H2,1-4H3/b27-25-. The molecule has 1 N–H and O–H groups in total. The van der Waals surface area contributed by atoms with Gasteiger partial charge in [0.1, 0.15) is 11.5 Å². The Labute approximate surface area is 211 Å². The van der Waals surface area contributed by atoms with Crippen LogP contribution in [0.3, 0.4) is 0 Å². The molecule has 1 aliphatic heterocycles. The second-order valence-corrected chi connectivity index (χ2v) is 9.50. The predicted molar refractivity (Wildman–Crippen MR) is 140 cm³/mol. The monoisotopic (exact) mass is 485 g/mol. The Hall–Kier alpha value is -4.13. The van der Waals surface area contributed by atoms with E-state index in [-0.39, 0.29) is 17.9 Å². The second kappa shape index (κ2) is 10.6. The van der Waals surface area contributed by atoms with E-state index in [0.29, 0.717) is 23.8 Å². The molecule has 0 spiro atoms. The van der Waals surface area contributed by atoms with Gasteiger partial charge in [-0.25, -0.2) is 0 Å². The van der Waals surface area contributed by atoms with Crippen LogP contribution >= 0.6 is 0 Å². The van der Waals surface area contributed by atoms with Crippen LogP contribution in [0, 0.1) is 5.92 Å². The van der Waals surface area contributed by atoms with Gasteiger partial charge in [-0.3, -0.25) is 14.6 Å². The van der Waals surface area contributed by atoms with Crippen molar-refractivity contribution in [3.8, 4) is 5.75 Å². The molecule has 1 amide bonds. The number of pyridine rings is 1. The molecular weight excluding hydrogens is 454 g/mol. The van der Waals surface area contributed by atoms with Crippen molar-refractivity contribution >= 4 is 23.1 Å². The third-order valence-electron chi connectivity index (χ3n) is 6.06. The van der Waals surface area contributed by atoms with Crippen LogP contribution in [0.2, 0.25) is 0 Å². The van der Waals surface area contributed by atoms with Crippen molar-refractivity contribution in [3.05, 3.63) is 95.3 Å². The first kappa shape index (κ1) is 25.0. The number of anilines is 1. The Bertz CT molecular complexity index is 1270. The number of Topliss-reactive ketones (excluding diaryl/α,β-unsaturated/α-hetero) is 1. The third-order valence-corrected chi connectivity index (χ3v) is 6.06. The number of hydrogen-bond donors (Lipinski definition) is 1. The first-order valence-electron chi connectivity index (χ1n) is 11.9. The number of amides is 1. The number of nitrogens with zero attached hydrogens (tertiary/aromatic N) is 3. The smallest absolute Gasteiger partial charge is 0.295 e. The zero-order valence-electron chi connectivity index (χ0n) is 21.0. The highest BCUT2D eigenvalue weighted by Crippen LogP contribution is 2.41. The van der Waals surface area contributed by atoms with Gasteiger partial charge < -0.3 is 19.6 Å². The highest BCUT2D eigenvalue weighted by Gasteiger charge is 2.46. The molecule has 3 aromatic rings. The molecule has 186 valence electrons. The summed E-state index contributed by atoms with van der Waals surface area (Å²) < 4.78 is 5.81. The molecule has 7 heteroatoms. The van der Waals surface area contributed by atoms with E-state index in [1.54, 1.807) is 48.8 Å². The fourth-order valence-corrected chi connectivity index (χ4v) is 4.18. The van der Waals surface area contributed by atoms with Gasteiger partial charge >= 0.3 is 0 Å². The van der Waals surface area contributed by atoms with Crippen LogP contribution in [-0.4, -0.2) is 47.4 Å². The fourth-order valence-electron chi connectivity index (χ4n) is 4.18. The number of likely N-dealkylation sites (tertiary alicyclic amines) is 1. The summed E-state index contributed by atoms with van der Waals surface area (Å²) >= 11 is 0. The predicted octanol–water partition coefficient (Wildman–Crippen LogP) is 4.80. The highest BCUT2D eigenvalue weighted by molar-refractivity contribution is 6.46. The minimum absolute atomic E-state index is 0.0627. The number of aromatic nitrogens is 1. The Morgan fingerprint density at radius 3 is 2.39 bits per heavy atom. The molecule has 0 radical (unpaired) electrons. The van der Waals surface area contributed by atoms with Crippen molar-refractivity contribution in [2.45, 2.75) is 26.4 Å². The van der Waals surface area contributed by atoms with Crippen LogP contribution in [0.25, 0.3) is 5.76 Å². The molecule has 1 fully saturated rings. The van der Waals surface area contributed by atoms with E-state index in [4.69, 9.17) is 4.74 Å². The zero-order chi connectivity index (χ0) is 25.8. The van der Waals surface area contributed by atoms with Crippen molar-refractivity contribution in [1.29, 1.82) is 0 Å². The summed E-state index contributed by atoms with van der Waals surface area (Å²) in [6.07, 6.45) is 3.30. The topological polar surface area (TPSA) is 83.0 Å². The zero-order valence-corrected chi connectivity index (χ0v) is 21.0. The third kappa shape index (κ3) is 5.25. The molecule has 1 atom stereocenters. The van der Waals surface area contributed by atoms with Crippen LogP contribution < -0.4 is 9.64 Å². The summed E-state index contributed by atoms with van der Waals surface area (Å²) in [5.74, 6) is -0.655. The molecule has 36 heavy (non-hydrogen) atoms. The van der Waals surface area contributed by atoms with Gasteiger partial charge in [0.05, 0.1) is 18.2 Å². The number of aliphatic hydroxyl groups excluding tert-OH is 1. The van der Waals surface area contributed by atoms with E-state index < -0.39 is 17.7 Å². The SMILES string of the molecule is CC(C)COc1cccc(/C(O)=C2/C(=O)C(=O)N(Cc3ccncc3)C2c2ccc(N(C)C)cc2)c1. The highest BCUT2D eigenvalue weighted by atomic mass is 16.5. The van der Waals surface area contributed by atoms with Crippen LogP contribution in [0.1, 0.15) is 36.6 Å². The number of aliphatic hydroxyl groups is 1. The lowest BCUT2D eigenvalue weighted by Crippen LogP contribution is -2.29. The van der Waals surface area contributed by atoms with E-state index in [2.05, 4.69) is 18.8 Å². The molecule has 2 aromatic carbocycles. The molecule has 2 heterocycles. The Morgan fingerprint density at radius 1 is 1.06 bits per heavy atom. The van der Waals surface area contributed by atoms with Crippen molar-refractivity contribution in [1.82, 2.24) is 9.88 Å². The van der Waals surface area contributed by atoms with Crippen LogP contribution in [0.15, 0.2) is 78.6 Å². The van der Waals surface area contributed by atoms with E-state index in [1.165, 1.54) is 4.90 Å². The lowest BCUT2D eigenvalue weighted by Gasteiger charge is -2.26. The quantitative estimate of drug-likeness (QED) is 0.280. The molecule has 1 unspecified atom stereocenters. The molecule has 1 aromatic heterocycles. The van der Waals surface area contributed by atoms with Gasteiger partial charge in [0.25, 0.3) is 11.7 Å². The molecule has 1 aliphatic rings. The first-order chi connectivity index (χ1) is 17.3. The molecule has 1 saturated heterocycles. The van der Waals surface area contributed by atoms with Crippen LogP contribution in [0.5, 0.6) is 5.75 Å². The summed E-state index contributed by atoms with van der Waals surface area (Å²) in [4.78, 5) is 34.1. The number of benzene rings is 2. The number of hydrogen-bond acceptors (Lipinski definition) is 6.